The molecule has 0 saturated heterocycles. The van der Waals surface area contributed by atoms with Gasteiger partial charge < -0.3 is 14.3 Å². The molecule has 0 unspecified atom stereocenters. The van der Waals surface area contributed by atoms with Crippen molar-refractivity contribution in [1.82, 2.24) is 4.31 Å². The minimum atomic E-state index is -4.54. The summed E-state index contributed by atoms with van der Waals surface area (Å²) < 4.78 is 46.6. The van der Waals surface area contributed by atoms with Crippen molar-refractivity contribution in [2.24, 2.45) is 0 Å². The first kappa shape index (κ1) is 33.5. The van der Waals surface area contributed by atoms with E-state index in [0.717, 1.165) is 63.3 Å². The number of rotatable bonds is 9. The van der Waals surface area contributed by atoms with Gasteiger partial charge in [-0.15, -0.1) is 0 Å². The maximum Gasteiger partial charge on any atom is 0.449 e. The first-order chi connectivity index (χ1) is 19.8. The van der Waals surface area contributed by atoms with Gasteiger partial charge in [0.1, 0.15) is 12.0 Å². The molecule has 0 bridgehead atoms. The van der Waals surface area contributed by atoms with Crippen LogP contribution in [0.25, 0.3) is 11.1 Å². The third-order valence-electron chi connectivity index (χ3n) is 6.73. The van der Waals surface area contributed by atoms with E-state index in [9.17, 15) is 18.0 Å². The summed E-state index contributed by atoms with van der Waals surface area (Å²) in [6.07, 6.45) is -3.61. The Morgan fingerprint density at radius 2 is 1.55 bits per heavy atom. The summed E-state index contributed by atoms with van der Waals surface area (Å²) in [5.74, 6) is -0.804. The molecule has 0 aliphatic rings. The minimum Gasteiger partial charge on any atom is -0.455 e. The molecule has 1 aromatic heterocycles. The number of hydrogen-bond donors (Lipinski definition) is 1. The van der Waals surface area contributed by atoms with Gasteiger partial charge in [0.25, 0.3) is 0 Å². The molecule has 0 fully saturated rings. The van der Waals surface area contributed by atoms with Crippen LogP contribution in [-0.2, 0) is 29.5 Å². The molecule has 0 amide bonds. The van der Waals surface area contributed by atoms with Crippen molar-refractivity contribution >= 4 is 29.8 Å². The molecule has 1 N–H and O–H groups in total. The number of aryl methyl sites for hydroxylation is 3. The highest BCUT2D eigenvalue weighted by Gasteiger charge is 2.35. The Bertz CT molecular complexity index is 1510. The Kier molecular flexibility index (Phi) is 11.1. The molecule has 0 spiro atoms. The van der Waals surface area contributed by atoms with E-state index < -0.39 is 17.4 Å². The van der Waals surface area contributed by atoms with E-state index in [-0.39, 0.29) is 12.3 Å². The van der Waals surface area contributed by atoms with Crippen LogP contribution in [0.4, 0.5) is 13.2 Å². The number of benzene rings is 3. The van der Waals surface area contributed by atoms with Gasteiger partial charge >= 0.3 is 6.18 Å². The van der Waals surface area contributed by atoms with Crippen molar-refractivity contribution in [3.63, 3.8) is 0 Å². The number of alkyl halides is 3. The fraction of sp³-hybridized carbons (Fsp3) is 0.303. The monoisotopic (exact) mass is 617 g/mol. The van der Waals surface area contributed by atoms with Gasteiger partial charge in [-0.25, -0.2) is 4.31 Å². The fourth-order valence-electron chi connectivity index (χ4n) is 4.56. The molecule has 0 aliphatic heterocycles. The second kappa shape index (κ2) is 14.0. The van der Waals surface area contributed by atoms with Crippen LogP contribution in [-0.4, -0.2) is 22.8 Å². The highest BCUT2D eigenvalue weighted by molar-refractivity contribution is 7.97. The standard InChI is InChI=1S/C32H31ClF3NO2S.CH4O/c1-20-13-21(2)30(22(3)14-20)40-37(18-27-11-12-29(39-27)32(34,35)36)17-25-10-9-24(16-28(25)33)23-7-6-8-26(15-23)31(4,5)19-38;1-2/h6-16,19H,17-18H2,1-5H3;2H,1H3. The number of halogens is 4. The Hall–Kier alpha value is -3.04. The molecule has 0 atom stereocenters. The fourth-order valence-corrected chi connectivity index (χ4v) is 5.86. The average molecular weight is 618 g/mol. The highest BCUT2D eigenvalue weighted by atomic mass is 35.5. The number of carbonyl (C=O) groups is 1. The summed E-state index contributed by atoms with van der Waals surface area (Å²) in [5, 5.41) is 7.54. The van der Waals surface area contributed by atoms with Crippen LogP contribution in [0.2, 0.25) is 5.02 Å². The quantitative estimate of drug-likeness (QED) is 0.150. The van der Waals surface area contributed by atoms with Crippen molar-refractivity contribution in [3.05, 3.63) is 111 Å². The lowest BCUT2D eigenvalue weighted by Crippen LogP contribution is -2.18. The van der Waals surface area contributed by atoms with E-state index in [1.807, 2.05) is 81.4 Å². The van der Waals surface area contributed by atoms with E-state index in [1.165, 1.54) is 18.0 Å². The van der Waals surface area contributed by atoms with E-state index in [2.05, 4.69) is 12.1 Å². The van der Waals surface area contributed by atoms with E-state index in [0.29, 0.717) is 11.6 Å². The molecule has 0 aliphatic carbocycles. The number of hydrogen-bond acceptors (Lipinski definition) is 5. The molecule has 1 heterocycles. The SMILES string of the molecule is CO.Cc1cc(C)c(SN(Cc2ccc(C(F)(F)F)o2)Cc2ccc(-c3cccc(C(C)(C)C=O)c3)cc2Cl)c(C)c1. The Morgan fingerprint density at radius 3 is 2.12 bits per heavy atom. The Balaban J connectivity index is 0.00000237. The van der Waals surface area contributed by atoms with Gasteiger partial charge in [-0.2, -0.15) is 13.2 Å². The Morgan fingerprint density at radius 1 is 0.905 bits per heavy atom. The Labute approximate surface area is 254 Å². The molecular weight excluding hydrogens is 583 g/mol. The number of carbonyl (C=O) groups excluding carboxylic acids is 1. The number of nitrogens with zero attached hydrogens (tertiary/aromatic N) is 1. The van der Waals surface area contributed by atoms with Crippen molar-refractivity contribution in [2.75, 3.05) is 7.11 Å². The smallest absolute Gasteiger partial charge is 0.449 e. The first-order valence-corrected chi connectivity index (χ1v) is 14.4. The molecular formula is C33H35ClF3NO3S. The van der Waals surface area contributed by atoms with Crippen LogP contribution < -0.4 is 0 Å². The molecule has 3 aromatic carbocycles. The van der Waals surface area contributed by atoms with E-state index in [1.54, 1.807) is 0 Å². The number of aliphatic hydroxyl groups is 1. The predicted octanol–water partition coefficient (Wildman–Crippen LogP) is 9.34. The van der Waals surface area contributed by atoms with Gasteiger partial charge in [0, 0.05) is 29.0 Å². The van der Waals surface area contributed by atoms with Gasteiger partial charge in [0.2, 0.25) is 5.76 Å². The summed E-state index contributed by atoms with van der Waals surface area (Å²) in [6.45, 7) is 10.3. The van der Waals surface area contributed by atoms with Crippen LogP contribution in [0.1, 0.15) is 53.2 Å². The summed E-state index contributed by atoms with van der Waals surface area (Å²) in [7, 11) is 1.00. The summed E-state index contributed by atoms with van der Waals surface area (Å²) in [6, 6.07) is 20.1. The second-order valence-electron chi connectivity index (χ2n) is 10.6. The van der Waals surface area contributed by atoms with Crippen LogP contribution in [0.5, 0.6) is 0 Å². The average Bonchev–Trinajstić information content (AvgIpc) is 3.42. The maximum atomic E-state index is 13.2. The molecule has 42 heavy (non-hydrogen) atoms. The van der Waals surface area contributed by atoms with Gasteiger partial charge in [-0.05, 0) is 98.1 Å². The number of aldehydes is 1. The molecule has 224 valence electrons. The molecule has 9 heteroatoms. The van der Waals surface area contributed by atoms with Crippen molar-refractivity contribution < 1.29 is 27.5 Å². The van der Waals surface area contributed by atoms with Crippen molar-refractivity contribution in [3.8, 4) is 11.1 Å². The van der Waals surface area contributed by atoms with Gasteiger partial charge in [-0.1, -0.05) is 65.7 Å². The molecule has 4 aromatic rings. The second-order valence-corrected chi connectivity index (χ2v) is 12.1. The highest BCUT2D eigenvalue weighted by Crippen LogP contribution is 2.37. The number of furan rings is 1. The lowest BCUT2D eigenvalue weighted by molar-refractivity contribution is -0.153. The van der Waals surface area contributed by atoms with Gasteiger partial charge in [0.05, 0.1) is 6.54 Å². The summed E-state index contributed by atoms with van der Waals surface area (Å²) >= 11 is 8.24. The molecule has 4 rings (SSSR count). The van der Waals surface area contributed by atoms with Crippen LogP contribution in [0, 0.1) is 20.8 Å². The van der Waals surface area contributed by atoms with E-state index in [4.69, 9.17) is 21.1 Å². The largest absolute Gasteiger partial charge is 0.455 e. The topological polar surface area (TPSA) is 53.7 Å². The van der Waals surface area contributed by atoms with Crippen molar-refractivity contribution in [1.29, 1.82) is 0 Å². The molecule has 4 nitrogen and oxygen atoms in total. The lowest BCUT2D eigenvalue weighted by atomic mass is 9.85. The van der Waals surface area contributed by atoms with E-state index >= 15 is 0 Å². The predicted molar refractivity (Wildman–Crippen MR) is 164 cm³/mol. The normalized spacial score (nSPS) is 11.8. The van der Waals surface area contributed by atoms with Crippen LogP contribution in [0.3, 0.4) is 0 Å². The summed E-state index contributed by atoms with van der Waals surface area (Å²) in [4.78, 5) is 12.6. The zero-order chi connectivity index (χ0) is 31.2. The van der Waals surface area contributed by atoms with Gasteiger partial charge in [0.15, 0.2) is 0 Å². The zero-order valence-corrected chi connectivity index (χ0v) is 26.0. The van der Waals surface area contributed by atoms with Crippen molar-refractivity contribution in [2.45, 2.75) is 64.2 Å². The lowest BCUT2D eigenvalue weighted by Gasteiger charge is -2.23. The molecule has 0 saturated carbocycles. The third-order valence-corrected chi connectivity index (χ3v) is 8.43. The minimum absolute atomic E-state index is 0.147. The zero-order valence-electron chi connectivity index (χ0n) is 24.5. The first-order valence-electron chi connectivity index (χ1n) is 13.2. The van der Waals surface area contributed by atoms with Crippen LogP contribution >= 0.6 is 23.5 Å². The maximum absolute atomic E-state index is 13.2. The summed E-state index contributed by atoms with van der Waals surface area (Å²) in [5.41, 5.74) is 6.28. The van der Waals surface area contributed by atoms with Gasteiger partial charge in [-0.3, -0.25) is 0 Å². The number of aliphatic hydroxyl groups excluding tert-OH is 1. The third kappa shape index (κ3) is 8.28. The van der Waals surface area contributed by atoms with Crippen LogP contribution in [0.15, 0.2) is 76.0 Å². The molecule has 0 radical (unpaired) electrons.